The monoisotopic (exact) mass is 296 g/mol. The van der Waals surface area contributed by atoms with Gasteiger partial charge in [-0.15, -0.1) is 0 Å². The predicted octanol–water partition coefficient (Wildman–Crippen LogP) is 2.54. The van der Waals surface area contributed by atoms with E-state index < -0.39 is 0 Å². The fraction of sp³-hybridized carbons (Fsp3) is 0.643. The average molecular weight is 297 g/mol. The van der Waals surface area contributed by atoms with Crippen LogP contribution in [0.2, 0.25) is 5.15 Å². The summed E-state index contributed by atoms with van der Waals surface area (Å²) in [7, 11) is 0. The SMILES string of the molecule is CCCc1nc(Cl)cc(NC2CCC(C(N)=O)CC2)n1. The summed E-state index contributed by atoms with van der Waals surface area (Å²) in [4.78, 5) is 19.8. The van der Waals surface area contributed by atoms with Gasteiger partial charge in [0.2, 0.25) is 5.91 Å². The molecule has 1 heterocycles. The molecule has 1 fully saturated rings. The van der Waals surface area contributed by atoms with Crippen LogP contribution < -0.4 is 11.1 Å². The van der Waals surface area contributed by atoms with Gasteiger partial charge < -0.3 is 11.1 Å². The Balaban J connectivity index is 1.95. The van der Waals surface area contributed by atoms with Gasteiger partial charge in [-0.25, -0.2) is 9.97 Å². The summed E-state index contributed by atoms with van der Waals surface area (Å²) in [5.41, 5.74) is 5.34. The lowest BCUT2D eigenvalue weighted by molar-refractivity contribution is -0.122. The molecule has 1 saturated carbocycles. The highest BCUT2D eigenvalue weighted by atomic mass is 35.5. The molecule has 110 valence electrons. The Morgan fingerprint density at radius 3 is 2.70 bits per heavy atom. The summed E-state index contributed by atoms with van der Waals surface area (Å²) in [6, 6.07) is 2.08. The molecule has 1 aliphatic carbocycles. The molecule has 3 N–H and O–H groups in total. The quantitative estimate of drug-likeness (QED) is 0.818. The summed E-state index contributed by atoms with van der Waals surface area (Å²) in [6.07, 6.45) is 5.35. The molecule has 0 atom stereocenters. The molecule has 1 aliphatic rings. The molecule has 1 aromatic heterocycles. The summed E-state index contributed by atoms with van der Waals surface area (Å²) < 4.78 is 0. The highest BCUT2D eigenvalue weighted by molar-refractivity contribution is 6.29. The van der Waals surface area contributed by atoms with Crippen molar-refractivity contribution >= 4 is 23.3 Å². The first kappa shape index (κ1) is 15.0. The zero-order chi connectivity index (χ0) is 14.5. The van der Waals surface area contributed by atoms with Crippen LogP contribution in [-0.2, 0) is 11.2 Å². The number of primary amides is 1. The number of hydrogen-bond acceptors (Lipinski definition) is 4. The Morgan fingerprint density at radius 2 is 2.10 bits per heavy atom. The Labute approximate surface area is 124 Å². The van der Waals surface area contributed by atoms with E-state index in [0.717, 1.165) is 50.2 Å². The maximum atomic E-state index is 11.1. The van der Waals surface area contributed by atoms with E-state index in [1.165, 1.54) is 0 Å². The van der Waals surface area contributed by atoms with Crippen LogP contribution in [0, 0.1) is 5.92 Å². The molecule has 0 aromatic carbocycles. The first-order valence-electron chi connectivity index (χ1n) is 7.17. The second-order valence-corrected chi connectivity index (χ2v) is 5.72. The number of carbonyl (C=O) groups is 1. The number of aryl methyl sites for hydroxylation is 1. The minimum atomic E-state index is -0.182. The second-order valence-electron chi connectivity index (χ2n) is 5.34. The van der Waals surface area contributed by atoms with Crippen molar-refractivity contribution in [3.63, 3.8) is 0 Å². The fourth-order valence-electron chi connectivity index (χ4n) is 2.61. The molecule has 0 radical (unpaired) electrons. The molecule has 1 amide bonds. The molecule has 1 aromatic rings. The average Bonchev–Trinajstić information content (AvgIpc) is 2.39. The van der Waals surface area contributed by atoms with Crippen molar-refractivity contribution in [2.45, 2.75) is 51.5 Å². The molecule has 6 heteroatoms. The van der Waals surface area contributed by atoms with Crippen molar-refractivity contribution in [3.8, 4) is 0 Å². The minimum absolute atomic E-state index is 0.0256. The molecule has 5 nitrogen and oxygen atoms in total. The van der Waals surface area contributed by atoms with Crippen LogP contribution in [0.25, 0.3) is 0 Å². The van der Waals surface area contributed by atoms with E-state index in [4.69, 9.17) is 17.3 Å². The van der Waals surface area contributed by atoms with Crippen LogP contribution in [0.3, 0.4) is 0 Å². The molecule has 0 saturated heterocycles. The molecular formula is C14H21ClN4O. The standard InChI is InChI=1S/C14H21ClN4O/c1-2-3-12-18-11(15)8-13(19-12)17-10-6-4-9(5-7-10)14(16)20/h8-10H,2-7H2,1H3,(H2,16,20)(H,17,18,19). The molecule has 0 bridgehead atoms. The van der Waals surface area contributed by atoms with Gasteiger partial charge >= 0.3 is 0 Å². The van der Waals surface area contributed by atoms with Gasteiger partial charge in [-0.2, -0.15) is 0 Å². The first-order chi connectivity index (χ1) is 9.58. The maximum absolute atomic E-state index is 11.1. The first-order valence-corrected chi connectivity index (χ1v) is 7.55. The van der Waals surface area contributed by atoms with Gasteiger partial charge in [0.05, 0.1) is 0 Å². The van der Waals surface area contributed by atoms with E-state index in [0.29, 0.717) is 11.2 Å². The van der Waals surface area contributed by atoms with Crippen LogP contribution in [0.5, 0.6) is 0 Å². The van der Waals surface area contributed by atoms with Crippen molar-refractivity contribution < 1.29 is 4.79 Å². The summed E-state index contributed by atoms with van der Waals surface area (Å²) in [5, 5.41) is 3.86. The number of rotatable bonds is 5. The highest BCUT2D eigenvalue weighted by Gasteiger charge is 2.24. The largest absolute Gasteiger partial charge is 0.369 e. The number of aromatic nitrogens is 2. The number of amides is 1. The van der Waals surface area contributed by atoms with Gasteiger partial charge in [0, 0.05) is 24.4 Å². The van der Waals surface area contributed by atoms with Crippen molar-refractivity contribution in [1.82, 2.24) is 9.97 Å². The molecule has 2 rings (SSSR count). The third-order valence-corrected chi connectivity index (χ3v) is 3.89. The van der Waals surface area contributed by atoms with E-state index in [9.17, 15) is 4.79 Å². The maximum Gasteiger partial charge on any atom is 0.220 e. The summed E-state index contributed by atoms with van der Waals surface area (Å²) >= 11 is 6.02. The lowest BCUT2D eigenvalue weighted by Crippen LogP contribution is -2.32. The van der Waals surface area contributed by atoms with Crippen molar-refractivity contribution in [2.24, 2.45) is 11.7 Å². The fourth-order valence-corrected chi connectivity index (χ4v) is 2.81. The van der Waals surface area contributed by atoms with E-state index in [1.807, 2.05) is 0 Å². The number of anilines is 1. The molecular weight excluding hydrogens is 276 g/mol. The van der Waals surface area contributed by atoms with E-state index in [2.05, 4.69) is 22.2 Å². The Hall–Kier alpha value is -1.36. The normalized spacial score (nSPS) is 22.5. The Morgan fingerprint density at radius 1 is 1.40 bits per heavy atom. The smallest absolute Gasteiger partial charge is 0.220 e. The number of nitrogens with two attached hydrogens (primary N) is 1. The number of carbonyl (C=O) groups excluding carboxylic acids is 1. The van der Waals surface area contributed by atoms with Crippen molar-refractivity contribution in [3.05, 3.63) is 17.0 Å². The lowest BCUT2D eigenvalue weighted by Gasteiger charge is -2.27. The minimum Gasteiger partial charge on any atom is -0.369 e. The van der Waals surface area contributed by atoms with Crippen molar-refractivity contribution in [2.75, 3.05) is 5.32 Å². The van der Waals surface area contributed by atoms with Gasteiger partial charge in [-0.1, -0.05) is 18.5 Å². The summed E-state index contributed by atoms with van der Waals surface area (Å²) in [5.74, 6) is 1.39. The molecule has 20 heavy (non-hydrogen) atoms. The Bertz CT molecular complexity index is 472. The van der Waals surface area contributed by atoms with Gasteiger partial charge in [-0.3, -0.25) is 4.79 Å². The van der Waals surface area contributed by atoms with Crippen LogP contribution >= 0.6 is 11.6 Å². The number of nitrogens with one attached hydrogen (secondary N) is 1. The summed E-state index contributed by atoms with van der Waals surface area (Å²) in [6.45, 7) is 2.09. The zero-order valence-corrected chi connectivity index (χ0v) is 12.5. The number of hydrogen-bond donors (Lipinski definition) is 2. The number of nitrogens with zero attached hydrogens (tertiary/aromatic N) is 2. The zero-order valence-electron chi connectivity index (χ0n) is 11.7. The topological polar surface area (TPSA) is 80.9 Å². The van der Waals surface area contributed by atoms with Crippen LogP contribution in [0.1, 0.15) is 44.9 Å². The number of halogens is 1. The van der Waals surface area contributed by atoms with Gasteiger partial charge in [0.1, 0.15) is 16.8 Å². The molecule has 0 unspecified atom stereocenters. The van der Waals surface area contributed by atoms with Crippen LogP contribution in [0.15, 0.2) is 6.07 Å². The molecule has 0 spiro atoms. The Kier molecular flexibility index (Phi) is 5.17. The van der Waals surface area contributed by atoms with E-state index in [1.54, 1.807) is 6.07 Å². The van der Waals surface area contributed by atoms with Gasteiger partial charge in [-0.05, 0) is 32.1 Å². The lowest BCUT2D eigenvalue weighted by atomic mass is 9.85. The van der Waals surface area contributed by atoms with Gasteiger partial charge in [0.25, 0.3) is 0 Å². The highest BCUT2D eigenvalue weighted by Crippen LogP contribution is 2.26. The van der Waals surface area contributed by atoms with E-state index in [-0.39, 0.29) is 11.8 Å². The predicted molar refractivity (Wildman–Crippen MR) is 79.6 cm³/mol. The van der Waals surface area contributed by atoms with Gasteiger partial charge in [0.15, 0.2) is 0 Å². The van der Waals surface area contributed by atoms with E-state index >= 15 is 0 Å². The second kappa shape index (κ2) is 6.88. The van der Waals surface area contributed by atoms with Crippen molar-refractivity contribution in [1.29, 1.82) is 0 Å². The third kappa shape index (κ3) is 4.07. The van der Waals surface area contributed by atoms with Crippen LogP contribution in [-0.4, -0.2) is 21.9 Å². The molecule has 0 aliphatic heterocycles. The third-order valence-electron chi connectivity index (χ3n) is 3.70. The van der Waals surface area contributed by atoms with Crippen LogP contribution in [0.4, 0.5) is 5.82 Å².